The van der Waals surface area contributed by atoms with Gasteiger partial charge in [-0.2, -0.15) is 5.26 Å². The Balaban J connectivity index is 2.14. The zero-order valence-electron chi connectivity index (χ0n) is 8.06. The van der Waals surface area contributed by atoms with Crippen LogP contribution in [-0.2, 0) is 19.0 Å². The topological polar surface area (TPSA) is 68.5 Å². The predicted molar refractivity (Wildman–Crippen MR) is 46.1 cm³/mol. The number of esters is 1. The molecule has 0 aromatic heterocycles. The first-order chi connectivity index (χ1) is 6.72. The highest BCUT2D eigenvalue weighted by atomic mass is 16.7. The Morgan fingerprint density at radius 2 is 2.50 bits per heavy atom. The highest BCUT2D eigenvalue weighted by Gasteiger charge is 2.26. The number of ether oxygens (including phenoxy) is 3. The standard InChI is InChI=1S/C9H13NO4/c1-7(11)12-5-8-6-13-9(14-8)3-2-4-10/h8-9H,2-3,5-6H2,1H3. The highest BCUT2D eigenvalue weighted by molar-refractivity contribution is 5.65. The Morgan fingerprint density at radius 1 is 1.71 bits per heavy atom. The van der Waals surface area contributed by atoms with Gasteiger partial charge in [0.15, 0.2) is 6.29 Å². The molecule has 2 atom stereocenters. The summed E-state index contributed by atoms with van der Waals surface area (Å²) >= 11 is 0. The zero-order chi connectivity index (χ0) is 10.4. The van der Waals surface area contributed by atoms with Crippen LogP contribution in [0.5, 0.6) is 0 Å². The van der Waals surface area contributed by atoms with Gasteiger partial charge in [-0.05, 0) is 0 Å². The third kappa shape index (κ3) is 3.73. The molecule has 0 aliphatic carbocycles. The van der Waals surface area contributed by atoms with Crippen LogP contribution < -0.4 is 0 Å². The van der Waals surface area contributed by atoms with Crippen LogP contribution in [0.4, 0.5) is 0 Å². The van der Waals surface area contributed by atoms with E-state index in [4.69, 9.17) is 19.5 Å². The summed E-state index contributed by atoms with van der Waals surface area (Å²) in [7, 11) is 0. The molecule has 5 heteroatoms. The normalized spacial score (nSPS) is 25.7. The number of hydrogen-bond acceptors (Lipinski definition) is 5. The summed E-state index contributed by atoms with van der Waals surface area (Å²) in [4.78, 5) is 10.5. The van der Waals surface area contributed by atoms with E-state index in [0.29, 0.717) is 19.4 Å². The molecule has 14 heavy (non-hydrogen) atoms. The van der Waals surface area contributed by atoms with Crippen molar-refractivity contribution in [2.45, 2.75) is 32.2 Å². The zero-order valence-corrected chi connectivity index (χ0v) is 8.06. The Kier molecular flexibility index (Phi) is 4.36. The Hall–Kier alpha value is -1.12. The number of rotatable bonds is 4. The molecule has 0 N–H and O–H groups in total. The molecule has 78 valence electrons. The molecule has 0 spiro atoms. The number of nitrogens with zero attached hydrogens (tertiary/aromatic N) is 1. The van der Waals surface area contributed by atoms with Gasteiger partial charge < -0.3 is 14.2 Å². The fourth-order valence-corrected chi connectivity index (χ4v) is 1.14. The smallest absolute Gasteiger partial charge is 0.302 e. The summed E-state index contributed by atoms with van der Waals surface area (Å²) in [5.41, 5.74) is 0. The molecule has 0 saturated carbocycles. The minimum atomic E-state index is -0.325. The summed E-state index contributed by atoms with van der Waals surface area (Å²) in [5.74, 6) is -0.325. The summed E-state index contributed by atoms with van der Waals surface area (Å²) in [6.07, 6.45) is 0.454. The van der Waals surface area contributed by atoms with E-state index in [1.165, 1.54) is 6.92 Å². The van der Waals surface area contributed by atoms with Crippen molar-refractivity contribution in [3.05, 3.63) is 0 Å². The predicted octanol–water partition coefficient (Wildman–Crippen LogP) is 0.595. The van der Waals surface area contributed by atoms with Crippen LogP contribution in [0.2, 0.25) is 0 Å². The first-order valence-electron chi connectivity index (χ1n) is 4.49. The number of carbonyl (C=O) groups is 1. The summed E-state index contributed by atoms with van der Waals surface area (Å²) in [5, 5.41) is 8.34. The van der Waals surface area contributed by atoms with Crippen molar-refractivity contribution in [1.82, 2.24) is 0 Å². The van der Waals surface area contributed by atoms with Gasteiger partial charge in [-0.25, -0.2) is 0 Å². The summed E-state index contributed by atoms with van der Waals surface area (Å²) < 4.78 is 15.4. The molecule has 0 aromatic carbocycles. The van der Waals surface area contributed by atoms with E-state index in [-0.39, 0.29) is 25.0 Å². The molecule has 1 rings (SSSR count). The lowest BCUT2D eigenvalue weighted by Gasteiger charge is -2.09. The fourth-order valence-electron chi connectivity index (χ4n) is 1.14. The van der Waals surface area contributed by atoms with Gasteiger partial charge in [0, 0.05) is 19.8 Å². The van der Waals surface area contributed by atoms with E-state index >= 15 is 0 Å². The molecule has 0 amide bonds. The molecular formula is C9H13NO4. The molecule has 2 unspecified atom stereocenters. The lowest BCUT2D eigenvalue weighted by Crippen LogP contribution is -2.20. The second-order valence-corrected chi connectivity index (χ2v) is 3.02. The van der Waals surface area contributed by atoms with E-state index in [1.807, 2.05) is 6.07 Å². The minimum absolute atomic E-state index is 0.192. The number of nitriles is 1. The maximum Gasteiger partial charge on any atom is 0.302 e. The van der Waals surface area contributed by atoms with Crippen LogP contribution in [0, 0.1) is 11.3 Å². The highest BCUT2D eigenvalue weighted by Crippen LogP contribution is 2.15. The molecule has 1 heterocycles. The van der Waals surface area contributed by atoms with Gasteiger partial charge in [0.25, 0.3) is 0 Å². The Morgan fingerprint density at radius 3 is 3.14 bits per heavy atom. The van der Waals surface area contributed by atoms with Crippen LogP contribution in [-0.4, -0.2) is 31.6 Å². The van der Waals surface area contributed by atoms with Crippen LogP contribution in [0.25, 0.3) is 0 Å². The first-order valence-corrected chi connectivity index (χ1v) is 4.49. The van der Waals surface area contributed by atoms with Gasteiger partial charge in [-0.3, -0.25) is 4.79 Å². The first kappa shape index (κ1) is 11.0. The van der Waals surface area contributed by atoms with Crippen LogP contribution in [0.15, 0.2) is 0 Å². The van der Waals surface area contributed by atoms with E-state index < -0.39 is 0 Å². The molecule has 1 fully saturated rings. The lowest BCUT2D eigenvalue weighted by atomic mass is 10.3. The third-order valence-corrected chi connectivity index (χ3v) is 1.78. The maximum absolute atomic E-state index is 10.5. The minimum Gasteiger partial charge on any atom is -0.463 e. The molecule has 0 aromatic rings. The average Bonchev–Trinajstić information content (AvgIpc) is 2.59. The quantitative estimate of drug-likeness (QED) is 0.620. The molecule has 0 bridgehead atoms. The summed E-state index contributed by atoms with van der Waals surface area (Å²) in [6.45, 7) is 1.99. The average molecular weight is 199 g/mol. The van der Waals surface area contributed by atoms with Crippen LogP contribution in [0.1, 0.15) is 19.8 Å². The number of carbonyl (C=O) groups excluding carboxylic acids is 1. The second-order valence-electron chi connectivity index (χ2n) is 3.02. The van der Waals surface area contributed by atoms with Crippen molar-refractivity contribution >= 4 is 5.97 Å². The Bertz CT molecular complexity index is 235. The van der Waals surface area contributed by atoms with Crippen molar-refractivity contribution in [2.75, 3.05) is 13.2 Å². The maximum atomic E-state index is 10.5. The summed E-state index contributed by atoms with van der Waals surface area (Å²) in [6, 6.07) is 2.01. The van der Waals surface area contributed by atoms with Gasteiger partial charge in [-0.15, -0.1) is 0 Å². The van der Waals surface area contributed by atoms with Crippen LogP contribution >= 0.6 is 0 Å². The molecule has 5 nitrogen and oxygen atoms in total. The van der Waals surface area contributed by atoms with Gasteiger partial charge in [0.2, 0.25) is 0 Å². The van der Waals surface area contributed by atoms with E-state index in [9.17, 15) is 4.79 Å². The van der Waals surface area contributed by atoms with Crippen molar-refractivity contribution in [3.63, 3.8) is 0 Å². The molecule has 1 aliphatic heterocycles. The van der Waals surface area contributed by atoms with Crippen molar-refractivity contribution in [1.29, 1.82) is 5.26 Å². The van der Waals surface area contributed by atoms with E-state index in [1.54, 1.807) is 0 Å². The largest absolute Gasteiger partial charge is 0.463 e. The third-order valence-electron chi connectivity index (χ3n) is 1.78. The molecule has 0 radical (unpaired) electrons. The van der Waals surface area contributed by atoms with Crippen molar-refractivity contribution < 1.29 is 19.0 Å². The van der Waals surface area contributed by atoms with Crippen molar-refractivity contribution in [3.8, 4) is 6.07 Å². The number of hydrogen-bond donors (Lipinski definition) is 0. The monoisotopic (exact) mass is 199 g/mol. The second kappa shape index (κ2) is 5.58. The molecule has 1 saturated heterocycles. The van der Waals surface area contributed by atoms with Gasteiger partial charge in [-0.1, -0.05) is 0 Å². The van der Waals surface area contributed by atoms with E-state index in [0.717, 1.165) is 0 Å². The van der Waals surface area contributed by atoms with Gasteiger partial charge in [0.1, 0.15) is 12.7 Å². The van der Waals surface area contributed by atoms with Crippen molar-refractivity contribution in [2.24, 2.45) is 0 Å². The fraction of sp³-hybridized carbons (Fsp3) is 0.778. The molecule has 1 aliphatic rings. The lowest BCUT2D eigenvalue weighted by molar-refractivity contribution is -0.145. The van der Waals surface area contributed by atoms with Crippen LogP contribution in [0.3, 0.4) is 0 Å². The van der Waals surface area contributed by atoms with Gasteiger partial charge >= 0.3 is 5.97 Å². The van der Waals surface area contributed by atoms with Gasteiger partial charge in [0.05, 0.1) is 12.7 Å². The Labute approximate surface area is 82.5 Å². The van der Waals surface area contributed by atoms with E-state index in [2.05, 4.69) is 0 Å². The molecular weight excluding hydrogens is 186 g/mol. The SMILES string of the molecule is CC(=O)OCC1COC(CCC#N)O1.